The Morgan fingerprint density at radius 1 is 0.774 bits per heavy atom. The molecule has 2 saturated heterocycles. The fraction of sp³-hybridized carbons (Fsp3) is 0.700. The van der Waals surface area contributed by atoms with Crippen molar-refractivity contribution in [2.45, 2.75) is 74.4 Å². The quantitative estimate of drug-likeness (QED) is 0.233. The van der Waals surface area contributed by atoms with Crippen LogP contribution in [0.25, 0.3) is 0 Å². The van der Waals surface area contributed by atoms with E-state index in [1.807, 2.05) is 30.3 Å². The summed E-state index contributed by atoms with van der Waals surface area (Å²) in [6, 6.07) is 9.14. The molecule has 0 spiro atoms. The maximum atomic E-state index is 10.3. The Kier molecular flexibility index (Phi) is 8.35. The number of benzene rings is 1. The molecule has 0 amide bonds. The minimum Gasteiger partial charge on any atom is -0.394 e. The molecule has 7 N–H and O–H groups in total. The maximum absolute atomic E-state index is 10.3. The van der Waals surface area contributed by atoms with E-state index in [1.165, 1.54) is 0 Å². The van der Waals surface area contributed by atoms with E-state index >= 15 is 0 Å². The highest BCUT2D eigenvalue weighted by Crippen LogP contribution is 2.28. The molecule has 3 rings (SSSR count). The van der Waals surface area contributed by atoms with Crippen molar-refractivity contribution in [1.82, 2.24) is 0 Å². The van der Waals surface area contributed by atoms with E-state index in [-0.39, 0.29) is 0 Å². The van der Waals surface area contributed by atoms with Crippen molar-refractivity contribution in [3.05, 3.63) is 35.9 Å². The second-order valence-corrected chi connectivity index (χ2v) is 7.73. The van der Waals surface area contributed by atoms with Crippen LogP contribution in [0.5, 0.6) is 0 Å². The lowest BCUT2D eigenvalue weighted by Crippen LogP contribution is -2.61. The highest BCUT2D eigenvalue weighted by molar-refractivity contribution is 5.16. The molecule has 0 saturated carbocycles. The lowest BCUT2D eigenvalue weighted by atomic mass is 9.98. The fourth-order valence-electron chi connectivity index (χ4n) is 3.57. The van der Waals surface area contributed by atoms with E-state index < -0.39 is 80.7 Å². The van der Waals surface area contributed by atoms with E-state index in [4.69, 9.17) is 18.9 Å². The molecule has 2 aliphatic rings. The molecule has 2 fully saturated rings. The van der Waals surface area contributed by atoms with Crippen LogP contribution in [0, 0.1) is 0 Å². The Balaban J connectivity index is 1.62. The van der Waals surface area contributed by atoms with Crippen molar-refractivity contribution in [3.8, 4) is 0 Å². The third kappa shape index (κ3) is 5.41. The molecule has 11 heteroatoms. The first-order chi connectivity index (χ1) is 14.7. The minimum absolute atomic E-state index is 0.410. The standard InChI is InChI=1S/C20H30O11/c1-9(10-5-3-2-4-6-10)29-20-18(27)16(25)14(23)12(31-20)8-28-19-17(26)15(24)13(22)11(7-21)30-19/h2-6,9,11-27H,7-8H2,1H3/t9?,11-,12-,13-,14-,15+,16+,17-,18-,19-,20-/m1/s1. The molecule has 0 radical (unpaired) electrons. The molecule has 0 bridgehead atoms. The fourth-order valence-corrected chi connectivity index (χ4v) is 3.57. The van der Waals surface area contributed by atoms with Gasteiger partial charge in [0.05, 0.1) is 19.3 Å². The lowest BCUT2D eigenvalue weighted by molar-refractivity contribution is -0.335. The predicted molar refractivity (Wildman–Crippen MR) is 102 cm³/mol. The molecule has 0 aliphatic carbocycles. The van der Waals surface area contributed by atoms with Gasteiger partial charge in [0.15, 0.2) is 12.6 Å². The number of rotatable bonds is 7. The van der Waals surface area contributed by atoms with Crippen LogP contribution < -0.4 is 0 Å². The topological polar surface area (TPSA) is 179 Å². The molecule has 2 aliphatic heterocycles. The molecule has 31 heavy (non-hydrogen) atoms. The van der Waals surface area contributed by atoms with Crippen LogP contribution in [0.2, 0.25) is 0 Å². The Morgan fingerprint density at radius 3 is 1.94 bits per heavy atom. The molecular weight excluding hydrogens is 416 g/mol. The van der Waals surface area contributed by atoms with E-state index in [1.54, 1.807) is 6.92 Å². The first-order valence-corrected chi connectivity index (χ1v) is 10.1. The average molecular weight is 446 g/mol. The first kappa shape index (κ1) is 24.4. The zero-order chi connectivity index (χ0) is 22.7. The number of ether oxygens (including phenoxy) is 4. The number of hydrogen-bond acceptors (Lipinski definition) is 11. The van der Waals surface area contributed by atoms with Crippen LogP contribution in [0.4, 0.5) is 0 Å². The number of hydrogen-bond donors (Lipinski definition) is 7. The van der Waals surface area contributed by atoms with Gasteiger partial charge >= 0.3 is 0 Å². The van der Waals surface area contributed by atoms with Crippen molar-refractivity contribution < 1.29 is 54.7 Å². The van der Waals surface area contributed by atoms with Crippen molar-refractivity contribution in [2.75, 3.05) is 13.2 Å². The largest absolute Gasteiger partial charge is 0.394 e. The van der Waals surface area contributed by atoms with E-state index in [0.717, 1.165) is 5.56 Å². The second kappa shape index (κ2) is 10.6. The summed E-state index contributed by atoms with van der Waals surface area (Å²) in [4.78, 5) is 0. The van der Waals surface area contributed by atoms with Gasteiger partial charge in [-0.05, 0) is 12.5 Å². The summed E-state index contributed by atoms with van der Waals surface area (Å²) in [6.07, 6.45) is -15.0. The molecule has 11 nitrogen and oxygen atoms in total. The summed E-state index contributed by atoms with van der Waals surface area (Å²) < 4.78 is 22.0. The van der Waals surface area contributed by atoms with Crippen molar-refractivity contribution in [2.24, 2.45) is 0 Å². The van der Waals surface area contributed by atoms with E-state index in [9.17, 15) is 35.7 Å². The van der Waals surface area contributed by atoms with Gasteiger partial charge in [-0.3, -0.25) is 0 Å². The summed E-state index contributed by atoms with van der Waals surface area (Å²) in [7, 11) is 0. The van der Waals surface area contributed by atoms with Crippen LogP contribution in [-0.4, -0.2) is 110 Å². The maximum Gasteiger partial charge on any atom is 0.187 e. The van der Waals surface area contributed by atoms with Crippen LogP contribution in [0.3, 0.4) is 0 Å². The van der Waals surface area contributed by atoms with Gasteiger partial charge in [0.25, 0.3) is 0 Å². The summed E-state index contributed by atoms with van der Waals surface area (Å²) in [5.74, 6) is 0. The van der Waals surface area contributed by atoms with Gasteiger partial charge in [0.1, 0.15) is 48.8 Å². The molecule has 2 heterocycles. The Hall–Kier alpha value is -1.22. The Labute approximate surface area is 179 Å². The third-order valence-electron chi connectivity index (χ3n) is 5.55. The first-order valence-electron chi connectivity index (χ1n) is 10.1. The van der Waals surface area contributed by atoms with Crippen molar-refractivity contribution in [1.29, 1.82) is 0 Å². The highest BCUT2D eigenvalue weighted by Gasteiger charge is 2.47. The van der Waals surface area contributed by atoms with Crippen LogP contribution in [0.1, 0.15) is 18.6 Å². The molecule has 1 aromatic carbocycles. The van der Waals surface area contributed by atoms with E-state index in [2.05, 4.69) is 0 Å². The highest BCUT2D eigenvalue weighted by atomic mass is 16.7. The second-order valence-electron chi connectivity index (χ2n) is 7.73. The molecule has 0 aromatic heterocycles. The van der Waals surface area contributed by atoms with Crippen LogP contribution in [-0.2, 0) is 18.9 Å². The number of aliphatic hydroxyl groups excluding tert-OH is 7. The van der Waals surface area contributed by atoms with Gasteiger partial charge in [-0.2, -0.15) is 0 Å². The average Bonchev–Trinajstić information content (AvgIpc) is 2.78. The van der Waals surface area contributed by atoms with Gasteiger partial charge in [-0.1, -0.05) is 30.3 Å². The monoisotopic (exact) mass is 446 g/mol. The molecule has 1 unspecified atom stereocenters. The van der Waals surface area contributed by atoms with Gasteiger partial charge in [0.2, 0.25) is 0 Å². The van der Waals surface area contributed by atoms with Gasteiger partial charge in [-0.15, -0.1) is 0 Å². The lowest BCUT2D eigenvalue weighted by Gasteiger charge is -2.43. The van der Waals surface area contributed by atoms with E-state index in [0.29, 0.717) is 0 Å². The normalized spacial score (nSPS) is 42.3. The summed E-state index contributed by atoms with van der Waals surface area (Å²) in [6.45, 7) is 0.709. The minimum atomic E-state index is -1.63. The van der Waals surface area contributed by atoms with Gasteiger partial charge in [-0.25, -0.2) is 0 Å². The Bertz CT molecular complexity index is 674. The Morgan fingerprint density at radius 2 is 1.32 bits per heavy atom. The number of aliphatic hydroxyl groups is 7. The zero-order valence-electron chi connectivity index (χ0n) is 16.9. The van der Waals surface area contributed by atoms with Crippen LogP contribution in [0.15, 0.2) is 30.3 Å². The van der Waals surface area contributed by atoms with Crippen molar-refractivity contribution >= 4 is 0 Å². The summed E-state index contributed by atoms with van der Waals surface area (Å²) >= 11 is 0. The SMILES string of the molecule is CC(O[C@@H]1O[C@H](CO[C@@H]2O[C@H](CO)[C@@H](O)[C@H](O)[C@H]2O)[C@@H](O)[C@H](O)[C@H]1O)c1ccccc1. The summed E-state index contributed by atoms with van der Waals surface area (Å²) in [5, 5.41) is 69.7. The van der Waals surface area contributed by atoms with Gasteiger partial charge < -0.3 is 54.7 Å². The predicted octanol–water partition coefficient (Wildman–Crippen LogP) is -2.61. The van der Waals surface area contributed by atoms with Crippen LogP contribution >= 0.6 is 0 Å². The molecular formula is C20H30O11. The van der Waals surface area contributed by atoms with Gasteiger partial charge in [0, 0.05) is 0 Å². The zero-order valence-corrected chi connectivity index (χ0v) is 16.9. The van der Waals surface area contributed by atoms with Crippen molar-refractivity contribution in [3.63, 3.8) is 0 Å². The third-order valence-corrected chi connectivity index (χ3v) is 5.55. The molecule has 176 valence electrons. The smallest absolute Gasteiger partial charge is 0.187 e. The molecule has 1 aromatic rings. The molecule has 11 atom stereocenters. The summed E-state index contributed by atoms with van der Waals surface area (Å²) in [5.41, 5.74) is 0.813.